The van der Waals surface area contributed by atoms with Crippen molar-refractivity contribution in [1.82, 2.24) is 19.7 Å². The molecule has 0 spiro atoms. The summed E-state index contributed by atoms with van der Waals surface area (Å²) in [5.41, 5.74) is 0.818. The molecule has 0 unspecified atom stereocenters. The van der Waals surface area contributed by atoms with Gasteiger partial charge in [-0.15, -0.1) is 0 Å². The zero-order valence-corrected chi connectivity index (χ0v) is 17.4. The van der Waals surface area contributed by atoms with Crippen LogP contribution in [0.5, 0.6) is 5.88 Å². The number of aryl methyl sites for hydroxylation is 2. The fourth-order valence-corrected chi connectivity index (χ4v) is 2.82. The first-order valence-electron chi connectivity index (χ1n) is 9.35. The Kier molecular flexibility index (Phi) is 5.90. The molecule has 2 N–H and O–H groups in total. The van der Waals surface area contributed by atoms with Gasteiger partial charge in [-0.25, -0.2) is 9.97 Å². The molecule has 3 aromatic heterocycles. The van der Waals surface area contributed by atoms with Gasteiger partial charge < -0.3 is 15.2 Å². The van der Waals surface area contributed by atoms with E-state index in [1.54, 1.807) is 36.9 Å². The van der Waals surface area contributed by atoms with E-state index in [0.29, 0.717) is 34.3 Å². The van der Waals surface area contributed by atoms with Crippen LogP contribution in [-0.2, 0) is 11.3 Å². The van der Waals surface area contributed by atoms with Crippen LogP contribution in [0, 0.1) is 13.8 Å². The third-order valence-electron chi connectivity index (χ3n) is 4.27. The highest BCUT2D eigenvalue weighted by Crippen LogP contribution is 2.24. The van der Waals surface area contributed by atoms with E-state index in [-0.39, 0.29) is 11.7 Å². The maximum Gasteiger partial charge on any atom is 0.422 e. The predicted octanol–water partition coefficient (Wildman–Crippen LogP) is 3.14. The zero-order valence-electron chi connectivity index (χ0n) is 17.4. The average Bonchev–Trinajstić information content (AvgIpc) is 3.01. The van der Waals surface area contributed by atoms with Crippen molar-refractivity contribution in [2.45, 2.75) is 46.0 Å². The number of aromatic nitrogens is 4. The lowest BCUT2D eigenvalue weighted by atomic mass is 10.1. The Balaban J connectivity index is 1.83. The van der Waals surface area contributed by atoms with Gasteiger partial charge in [0.25, 0.3) is 5.91 Å². The first-order valence-corrected chi connectivity index (χ1v) is 9.35. The third kappa shape index (κ3) is 5.69. The highest BCUT2D eigenvalue weighted by Gasteiger charge is 2.29. The number of pyridine rings is 2. The number of anilines is 1. The molecule has 0 saturated carbocycles. The summed E-state index contributed by atoms with van der Waals surface area (Å²) in [5.74, 6) is -0.407. The average molecular weight is 437 g/mol. The quantitative estimate of drug-likeness (QED) is 0.614. The summed E-state index contributed by atoms with van der Waals surface area (Å²) >= 11 is 0. The van der Waals surface area contributed by atoms with Gasteiger partial charge in [0.1, 0.15) is 11.4 Å². The smallest absolute Gasteiger partial charge is 0.422 e. The Morgan fingerprint density at radius 3 is 2.58 bits per heavy atom. The minimum Gasteiger partial charge on any atom is -0.468 e. The van der Waals surface area contributed by atoms with Crippen LogP contribution in [0.1, 0.15) is 30.7 Å². The number of fused-ring (bicyclic) bond motifs is 1. The second-order valence-electron chi connectivity index (χ2n) is 7.75. The second kappa shape index (κ2) is 8.14. The van der Waals surface area contributed by atoms with E-state index in [9.17, 15) is 23.1 Å². The predicted molar refractivity (Wildman–Crippen MR) is 107 cm³/mol. The van der Waals surface area contributed by atoms with Gasteiger partial charge in [-0.3, -0.25) is 9.48 Å². The van der Waals surface area contributed by atoms with Gasteiger partial charge in [0.05, 0.1) is 17.4 Å². The van der Waals surface area contributed by atoms with E-state index in [1.165, 1.54) is 20.0 Å². The molecule has 0 aliphatic rings. The number of alkyl halides is 3. The number of rotatable bonds is 6. The van der Waals surface area contributed by atoms with Crippen LogP contribution in [0.2, 0.25) is 0 Å². The molecule has 3 aromatic rings. The maximum absolute atomic E-state index is 12.3. The fraction of sp³-hybridized carbons (Fsp3) is 0.400. The first-order chi connectivity index (χ1) is 14.3. The number of hydrogen-bond donors (Lipinski definition) is 2. The molecule has 0 aliphatic carbocycles. The number of carbonyl (C=O) groups is 1. The molecule has 0 saturated heterocycles. The SMILES string of the molecule is Cc1cc2nn(Cc3cnc(OCC(F)(F)F)c(C)c3)cc2c(NC(=O)C(C)(C)O)n1. The minimum absolute atomic E-state index is 0.0804. The van der Waals surface area contributed by atoms with Crippen LogP contribution in [0.4, 0.5) is 19.0 Å². The summed E-state index contributed by atoms with van der Waals surface area (Å²) in [4.78, 5) is 20.4. The first kappa shape index (κ1) is 22.5. The minimum atomic E-state index is -4.44. The normalized spacial score (nSPS) is 12.3. The summed E-state index contributed by atoms with van der Waals surface area (Å²) in [7, 11) is 0. The molecule has 0 atom stereocenters. The number of nitrogens with one attached hydrogen (secondary N) is 1. The third-order valence-corrected chi connectivity index (χ3v) is 4.27. The number of carbonyl (C=O) groups excluding carboxylic acids is 1. The Bertz CT molecular complexity index is 1120. The van der Waals surface area contributed by atoms with Crippen LogP contribution in [0.15, 0.2) is 24.5 Å². The topological polar surface area (TPSA) is 102 Å². The molecule has 1 amide bonds. The fourth-order valence-electron chi connectivity index (χ4n) is 2.82. The molecular formula is C20H22F3N5O3. The van der Waals surface area contributed by atoms with E-state index in [2.05, 4.69) is 20.4 Å². The highest BCUT2D eigenvalue weighted by atomic mass is 19.4. The summed E-state index contributed by atoms with van der Waals surface area (Å²) in [6.45, 7) is 4.99. The zero-order chi connectivity index (χ0) is 23.0. The number of halogens is 3. The summed E-state index contributed by atoms with van der Waals surface area (Å²) in [6, 6.07) is 3.43. The highest BCUT2D eigenvalue weighted by molar-refractivity contribution is 6.02. The van der Waals surface area contributed by atoms with Crippen molar-refractivity contribution in [2.75, 3.05) is 11.9 Å². The molecule has 0 aromatic carbocycles. The Morgan fingerprint density at radius 2 is 1.97 bits per heavy atom. The van der Waals surface area contributed by atoms with Gasteiger partial charge >= 0.3 is 6.18 Å². The summed E-state index contributed by atoms with van der Waals surface area (Å²) in [6.07, 6.45) is -1.33. The molecule has 3 heterocycles. The van der Waals surface area contributed by atoms with Crippen molar-refractivity contribution < 1.29 is 27.8 Å². The molecule has 3 rings (SSSR count). The summed E-state index contributed by atoms with van der Waals surface area (Å²) in [5, 5.41) is 17.5. The molecule has 0 fully saturated rings. The molecular weight excluding hydrogens is 415 g/mol. The van der Waals surface area contributed by atoms with Crippen LogP contribution >= 0.6 is 0 Å². The van der Waals surface area contributed by atoms with Crippen molar-refractivity contribution in [3.05, 3.63) is 41.3 Å². The lowest BCUT2D eigenvalue weighted by molar-refractivity contribution is -0.154. The van der Waals surface area contributed by atoms with Gasteiger partial charge in [0.15, 0.2) is 6.61 Å². The van der Waals surface area contributed by atoms with Crippen molar-refractivity contribution in [1.29, 1.82) is 0 Å². The van der Waals surface area contributed by atoms with Crippen LogP contribution in [0.25, 0.3) is 10.9 Å². The molecule has 31 heavy (non-hydrogen) atoms. The molecule has 11 heteroatoms. The van der Waals surface area contributed by atoms with E-state index < -0.39 is 24.3 Å². The number of hydrogen-bond acceptors (Lipinski definition) is 6. The van der Waals surface area contributed by atoms with E-state index in [0.717, 1.165) is 0 Å². The Hall–Kier alpha value is -3.21. The van der Waals surface area contributed by atoms with Gasteiger partial charge in [0, 0.05) is 23.7 Å². The molecule has 8 nitrogen and oxygen atoms in total. The van der Waals surface area contributed by atoms with Crippen LogP contribution in [0.3, 0.4) is 0 Å². The monoisotopic (exact) mass is 437 g/mol. The number of aliphatic hydroxyl groups is 1. The van der Waals surface area contributed by atoms with Gasteiger partial charge in [-0.2, -0.15) is 18.3 Å². The van der Waals surface area contributed by atoms with Crippen molar-refractivity contribution in [3.63, 3.8) is 0 Å². The Morgan fingerprint density at radius 1 is 1.26 bits per heavy atom. The van der Waals surface area contributed by atoms with Crippen LogP contribution < -0.4 is 10.1 Å². The number of ether oxygens (including phenoxy) is 1. The van der Waals surface area contributed by atoms with Gasteiger partial charge in [0.2, 0.25) is 5.88 Å². The van der Waals surface area contributed by atoms with E-state index in [1.807, 2.05) is 0 Å². The lowest BCUT2D eigenvalue weighted by Crippen LogP contribution is -2.37. The molecule has 0 radical (unpaired) electrons. The standard InChI is InChI=1S/C20H22F3N5O3/c1-11-5-13(7-24-17(11)31-10-20(21,22)23)8-28-9-14-15(27-28)6-12(2)25-16(14)26-18(29)19(3,4)30/h5-7,9,30H,8,10H2,1-4H3,(H,25,26,29). The largest absolute Gasteiger partial charge is 0.468 e. The Labute approximate surface area is 176 Å². The lowest BCUT2D eigenvalue weighted by Gasteiger charge is -2.16. The van der Waals surface area contributed by atoms with E-state index >= 15 is 0 Å². The maximum atomic E-state index is 12.3. The van der Waals surface area contributed by atoms with Crippen molar-refractivity contribution in [2.24, 2.45) is 0 Å². The molecule has 0 aliphatic heterocycles. The van der Waals surface area contributed by atoms with Crippen molar-refractivity contribution >= 4 is 22.6 Å². The van der Waals surface area contributed by atoms with Gasteiger partial charge in [-0.1, -0.05) is 0 Å². The summed E-state index contributed by atoms with van der Waals surface area (Å²) < 4.78 is 43.3. The number of amides is 1. The van der Waals surface area contributed by atoms with E-state index in [4.69, 9.17) is 4.74 Å². The van der Waals surface area contributed by atoms with Gasteiger partial charge in [-0.05, 0) is 45.4 Å². The van der Waals surface area contributed by atoms with Crippen LogP contribution in [-0.4, -0.2) is 49.1 Å². The van der Waals surface area contributed by atoms with Crippen molar-refractivity contribution in [3.8, 4) is 5.88 Å². The second-order valence-corrected chi connectivity index (χ2v) is 7.75. The molecule has 0 bridgehead atoms. The molecule has 166 valence electrons. The number of nitrogens with zero attached hydrogens (tertiary/aromatic N) is 4.